The predicted octanol–water partition coefficient (Wildman–Crippen LogP) is 5.20. The minimum absolute atomic E-state index is 0.0739. The van der Waals surface area contributed by atoms with E-state index >= 15 is 0 Å². The standard InChI is InChI=1S/C18H26N2S/c1-18(2,3)17-19-15-11-14(21)9-10-16(15)20(17)12-13-7-5-4-6-8-13/h9-11,13,21H,4-8,12H2,1-3H3. The van der Waals surface area contributed by atoms with Crippen molar-refractivity contribution >= 4 is 23.7 Å². The van der Waals surface area contributed by atoms with Crippen molar-refractivity contribution in [1.29, 1.82) is 0 Å². The van der Waals surface area contributed by atoms with Crippen LogP contribution in [0.4, 0.5) is 0 Å². The molecule has 1 fully saturated rings. The fourth-order valence-corrected chi connectivity index (χ4v) is 3.70. The minimum Gasteiger partial charge on any atom is -0.327 e. The molecule has 0 saturated heterocycles. The van der Waals surface area contributed by atoms with E-state index in [4.69, 9.17) is 4.98 Å². The zero-order valence-electron chi connectivity index (χ0n) is 13.4. The maximum atomic E-state index is 4.92. The highest BCUT2D eigenvalue weighted by Crippen LogP contribution is 2.31. The average Bonchev–Trinajstić information content (AvgIpc) is 2.78. The molecule has 3 rings (SSSR count). The lowest BCUT2D eigenvalue weighted by Crippen LogP contribution is -2.22. The molecule has 1 aromatic carbocycles. The molecule has 2 nitrogen and oxygen atoms in total. The quantitative estimate of drug-likeness (QED) is 0.755. The van der Waals surface area contributed by atoms with Gasteiger partial charge in [0.2, 0.25) is 0 Å². The van der Waals surface area contributed by atoms with Gasteiger partial charge in [0.05, 0.1) is 11.0 Å². The van der Waals surface area contributed by atoms with E-state index in [1.807, 2.05) is 0 Å². The number of rotatable bonds is 2. The fraction of sp³-hybridized carbons (Fsp3) is 0.611. The second-order valence-corrected chi connectivity index (χ2v) is 7.99. The molecule has 0 radical (unpaired) electrons. The molecule has 3 heteroatoms. The maximum absolute atomic E-state index is 4.92. The summed E-state index contributed by atoms with van der Waals surface area (Å²) in [4.78, 5) is 5.92. The Morgan fingerprint density at radius 3 is 2.57 bits per heavy atom. The summed E-state index contributed by atoms with van der Waals surface area (Å²) in [6.45, 7) is 7.89. The predicted molar refractivity (Wildman–Crippen MR) is 92.3 cm³/mol. The fourth-order valence-electron chi connectivity index (χ4n) is 3.50. The van der Waals surface area contributed by atoms with Gasteiger partial charge in [-0.25, -0.2) is 4.98 Å². The van der Waals surface area contributed by atoms with E-state index in [0.717, 1.165) is 22.9 Å². The van der Waals surface area contributed by atoms with Crippen molar-refractivity contribution in [3.8, 4) is 0 Å². The van der Waals surface area contributed by atoms with Gasteiger partial charge in [0, 0.05) is 16.9 Å². The molecule has 1 saturated carbocycles. The van der Waals surface area contributed by atoms with E-state index < -0.39 is 0 Å². The van der Waals surface area contributed by atoms with Gasteiger partial charge in [-0.05, 0) is 37.0 Å². The Morgan fingerprint density at radius 2 is 1.90 bits per heavy atom. The molecule has 0 spiro atoms. The second kappa shape index (κ2) is 5.68. The van der Waals surface area contributed by atoms with Crippen LogP contribution in [-0.4, -0.2) is 9.55 Å². The lowest BCUT2D eigenvalue weighted by molar-refractivity contribution is 0.313. The van der Waals surface area contributed by atoms with E-state index in [-0.39, 0.29) is 5.41 Å². The monoisotopic (exact) mass is 302 g/mol. The third-order valence-electron chi connectivity index (χ3n) is 4.57. The first-order valence-corrected chi connectivity index (χ1v) is 8.59. The van der Waals surface area contributed by atoms with Gasteiger partial charge < -0.3 is 4.57 Å². The Balaban J connectivity index is 2.04. The second-order valence-electron chi connectivity index (χ2n) is 7.47. The van der Waals surface area contributed by atoms with Crippen LogP contribution in [0.15, 0.2) is 23.1 Å². The summed E-state index contributed by atoms with van der Waals surface area (Å²) in [5.74, 6) is 2.02. The smallest absolute Gasteiger partial charge is 0.115 e. The summed E-state index contributed by atoms with van der Waals surface area (Å²) in [5.41, 5.74) is 2.43. The molecule has 0 N–H and O–H groups in total. The van der Waals surface area contributed by atoms with Crippen molar-refractivity contribution in [2.75, 3.05) is 0 Å². The summed E-state index contributed by atoms with van der Waals surface area (Å²) in [6, 6.07) is 6.35. The lowest BCUT2D eigenvalue weighted by atomic mass is 9.88. The van der Waals surface area contributed by atoms with Crippen LogP contribution in [0.5, 0.6) is 0 Å². The minimum atomic E-state index is 0.0739. The van der Waals surface area contributed by atoms with E-state index in [1.165, 1.54) is 43.4 Å². The molecular weight excluding hydrogens is 276 g/mol. The molecular formula is C18H26N2S. The summed E-state index contributed by atoms with van der Waals surface area (Å²) >= 11 is 4.46. The van der Waals surface area contributed by atoms with Crippen molar-refractivity contribution in [3.63, 3.8) is 0 Å². The first-order chi connectivity index (χ1) is 9.95. The summed E-state index contributed by atoms with van der Waals surface area (Å²) in [6.07, 6.45) is 6.93. The molecule has 1 aliphatic carbocycles. The normalized spacial score (nSPS) is 17.5. The van der Waals surface area contributed by atoms with Gasteiger partial charge in [-0.2, -0.15) is 0 Å². The first-order valence-electron chi connectivity index (χ1n) is 8.15. The van der Waals surface area contributed by atoms with Crippen molar-refractivity contribution in [2.24, 2.45) is 5.92 Å². The van der Waals surface area contributed by atoms with Crippen molar-refractivity contribution in [1.82, 2.24) is 9.55 Å². The van der Waals surface area contributed by atoms with Crippen LogP contribution >= 0.6 is 12.6 Å². The largest absolute Gasteiger partial charge is 0.327 e. The zero-order chi connectivity index (χ0) is 15.0. The Kier molecular flexibility index (Phi) is 4.04. The summed E-state index contributed by atoms with van der Waals surface area (Å²) < 4.78 is 2.47. The molecule has 0 unspecified atom stereocenters. The number of benzene rings is 1. The molecule has 2 aromatic rings. The number of fused-ring (bicyclic) bond motifs is 1. The highest BCUT2D eigenvalue weighted by molar-refractivity contribution is 7.80. The van der Waals surface area contributed by atoms with Crippen LogP contribution < -0.4 is 0 Å². The average molecular weight is 302 g/mol. The van der Waals surface area contributed by atoms with Gasteiger partial charge in [-0.3, -0.25) is 0 Å². The third-order valence-corrected chi connectivity index (χ3v) is 4.85. The molecule has 1 heterocycles. The maximum Gasteiger partial charge on any atom is 0.115 e. The SMILES string of the molecule is CC(C)(C)c1nc2cc(S)ccc2n1CC1CCCCC1. The highest BCUT2D eigenvalue weighted by Gasteiger charge is 2.25. The van der Waals surface area contributed by atoms with Crippen LogP contribution in [0.3, 0.4) is 0 Å². The van der Waals surface area contributed by atoms with Crippen molar-refractivity contribution in [3.05, 3.63) is 24.0 Å². The van der Waals surface area contributed by atoms with E-state index in [2.05, 4.69) is 56.2 Å². The Hall–Kier alpha value is -0.960. The van der Waals surface area contributed by atoms with E-state index in [0.29, 0.717) is 0 Å². The van der Waals surface area contributed by atoms with Gasteiger partial charge in [-0.1, -0.05) is 40.0 Å². The number of thiol groups is 1. The van der Waals surface area contributed by atoms with Gasteiger partial charge in [0.25, 0.3) is 0 Å². The van der Waals surface area contributed by atoms with Crippen LogP contribution in [0.1, 0.15) is 58.7 Å². The number of nitrogens with zero attached hydrogens (tertiary/aromatic N) is 2. The van der Waals surface area contributed by atoms with Crippen LogP contribution in [0.2, 0.25) is 0 Å². The van der Waals surface area contributed by atoms with Gasteiger partial charge in [0.15, 0.2) is 0 Å². The van der Waals surface area contributed by atoms with Crippen molar-refractivity contribution < 1.29 is 0 Å². The molecule has 1 aliphatic rings. The molecule has 21 heavy (non-hydrogen) atoms. The van der Waals surface area contributed by atoms with Gasteiger partial charge >= 0.3 is 0 Å². The molecule has 0 aliphatic heterocycles. The highest BCUT2D eigenvalue weighted by atomic mass is 32.1. The molecule has 0 bridgehead atoms. The third kappa shape index (κ3) is 3.13. The van der Waals surface area contributed by atoms with Gasteiger partial charge in [-0.15, -0.1) is 12.6 Å². The molecule has 114 valence electrons. The Morgan fingerprint density at radius 1 is 1.19 bits per heavy atom. The molecule has 0 atom stereocenters. The van der Waals surface area contributed by atoms with Gasteiger partial charge in [0.1, 0.15) is 5.82 Å². The van der Waals surface area contributed by atoms with Crippen LogP contribution in [0, 0.1) is 5.92 Å². The Labute approximate surface area is 133 Å². The van der Waals surface area contributed by atoms with E-state index in [1.54, 1.807) is 0 Å². The Bertz CT molecular complexity index is 630. The first kappa shape index (κ1) is 15.0. The van der Waals surface area contributed by atoms with Crippen LogP contribution in [0.25, 0.3) is 11.0 Å². The number of hydrogen-bond acceptors (Lipinski definition) is 2. The number of hydrogen-bond donors (Lipinski definition) is 1. The zero-order valence-corrected chi connectivity index (χ0v) is 14.3. The lowest BCUT2D eigenvalue weighted by Gasteiger charge is -2.26. The number of aromatic nitrogens is 2. The van der Waals surface area contributed by atoms with Crippen LogP contribution in [-0.2, 0) is 12.0 Å². The summed E-state index contributed by atoms with van der Waals surface area (Å²) in [5, 5.41) is 0. The topological polar surface area (TPSA) is 17.8 Å². The van der Waals surface area contributed by atoms with E-state index in [9.17, 15) is 0 Å². The van der Waals surface area contributed by atoms with Crippen molar-refractivity contribution in [2.45, 2.75) is 69.7 Å². The summed E-state index contributed by atoms with van der Waals surface area (Å²) in [7, 11) is 0. The molecule has 1 aromatic heterocycles. The molecule has 0 amide bonds. The number of imidazole rings is 1.